The summed E-state index contributed by atoms with van der Waals surface area (Å²) in [7, 11) is 0. The van der Waals surface area contributed by atoms with Crippen molar-refractivity contribution in [3.8, 4) is 0 Å². The summed E-state index contributed by atoms with van der Waals surface area (Å²) in [4.78, 5) is 0. The van der Waals surface area contributed by atoms with Crippen molar-refractivity contribution in [1.29, 1.82) is 0 Å². The molecule has 0 spiro atoms. The monoisotopic (exact) mass is 700 g/mol. The van der Waals surface area contributed by atoms with Crippen LogP contribution in [0.2, 0.25) is 0 Å². The fourth-order valence-electron chi connectivity index (χ4n) is 4.38. The van der Waals surface area contributed by atoms with Crippen molar-refractivity contribution >= 4 is 69.2 Å². The number of unbranched alkanes of at least 4 members (excludes halogenated alkanes) is 18. The summed E-state index contributed by atoms with van der Waals surface area (Å²) < 4.78 is 0. The molecule has 6 heteroatoms. The summed E-state index contributed by atoms with van der Waals surface area (Å²) in [6.07, 6.45) is 33.5. The van der Waals surface area contributed by atoms with E-state index < -0.39 is 0 Å². The molecule has 0 unspecified atom stereocenters. The first-order chi connectivity index (χ1) is 13.8. The largest absolute Gasteiger partial charge is 2.00 e. The molecule has 0 saturated carbocycles. The Balaban J connectivity index is -0.000000243. The summed E-state index contributed by atoms with van der Waals surface area (Å²) in [6, 6.07) is 0. The Labute approximate surface area is 297 Å². The van der Waals surface area contributed by atoms with E-state index in [1.54, 1.807) is 0 Å². The molecule has 0 heterocycles. The fraction of sp³-hybridized carbons (Fsp3) is 0.893. The van der Waals surface area contributed by atoms with Crippen LogP contribution in [0.1, 0.15) is 154 Å². The average Bonchev–Trinajstić information content (AvgIpc) is 2.71. The molecule has 0 rings (SSSR count). The van der Waals surface area contributed by atoms with Crippen molar-refractivity contribution in [2.75, 3.05) is 0 Å². The first kappa shape index (κ1) is 53.9. The van der Waals surface area contributed by atoms with Crippen molar-refractivity contribution < 1.29 is 50.9 Å². The van der Waals surface area contributed by atoms with Gasteiger partial charge >= 0.3 is 69.2 Å². The standard InChI is InChI=1S/C28H55.3BrH.3Mg/c1-4-7-10-13-16-19-22-25-28(26-23-20-17-14-11-8-5-2)27-24-21-18-15-12-9-6-3;;;;;;/h28H,1-27H2;3*1H;;;/q-3;;;;3*+2/p-3. The molecule has 0 aromatic rings. The second-order valence-corrected chi connectivity index (χ2v) is 9.16. The van der Waals surface area contributed by atoms with Crippen molar-refractivity contribution in [3.63, 3.8) is 0 Å². The molecule has 0 aromatic heterocycles. The average molecular weight is 704 g/mol. The maximum Gasteiger partial charge on any atom is 2.00 e. The number of rotatable bonds is 24. The smallest absolute Gasteiger partial charge is 1.00 e. The van der Waals surface area contributed by atoms with Gasteiger partial charge < -0.3 is 71.7 Å². The minimum Gasteiger partial charge on any atom is -1.00 e. The molecule has 0 saturated heterocycles. The van der Waals surface area contributed by atoms with Gasteiger partial charge in [0.2, 0.25) is 0 Å². The molecule has 34 heavy (non-hydrogen) atoms. The Bertz CT molecular complexity index is 243. The van der Waals surface area contributed by atoms with Crippen LogP contribution >= 0.6 is 0 Å². The molecular weight excluding hydrogens is 649 g/mol. The molecule has 0 amide bonds. The summed E-state index contributed by atoms with van der Waals surface area (Å²) in [5.74, 6) is 1.01. The Morgan fingerprint density at radius 2 is 0.471 bits per heavy atom. The molecule has 0 nitrogen and oxygen atoms in total. The first-order valence-corrected chi connectivity index (χ1v) is 13.2. The van der Waals surface area contributed by atoms with Crippen LogP contribution in [0.5, 0.6) is 0 Å². The van der Waals surface area contributed by atoms with Gasteiger partial charge in [0, 0.05) is 0 Å². The number of halogens is 3. The van der Waals surface area contributed by atoms with Gasteiger partial charge in [0.1, 0.15) is 0 Å². The molecule has 0 atom stereocenters. The first-order valence-electron chi connectivity index (χ1n) is 13.2. The van der Waals surface area contributed by atoms with Crippen molar-refractivity contribution in [3.05, 3.63) is 20.8 Å². The maximum absolute atomic E-state index is 3.95. The zero-order valence-corrected chi connectivity index (χ0v) is 31.9. The van der Waals surface area contributed by atoms with Gasteiger partial charge in [-0.2, -0.15) is 19.3 Å². The van der Waals surface area contributed by atoms with E-state index in [0.717, 1.165) is 25.2 Å². The van der Waals surface area contributed by atoms with Crippen LogP contribution in [0.25, 0.3) is 0 Å². The van der Waals surface area contributed by atoms with Crippen molar-refractivity contribution in [2.24, 2.45) is 5.92 Å². The second kappa shape index (κ2) is 49.7. The predicted molar refractivity (Wildman–Crippen MR) is 148 cm³/mol. The SMILES string of the molecule is [Br-].[Br-].[Br-].[CH2-]CCCCCCCCC(CCCCCCCC[CH2-])CCCCCCCC[CH2-].[Mg+2].[Mg+2].[Mg+2]. The third-order valence-corrected chi connectivity index (χ3v) is 6.34. The molecule has 0 aliphatic rings. The van der Waals surface area contributed by atoms with E-state index in [4.69, 9.17) is 0 Å². The van der Waals surface area contributed by atoms with Crippen molar-refractivity contribution in [1.82, 2.24) is 0 Å². The molecule has 0 bridgehead atoms. The number of hydrogen-bond donors (Lipinski definition) is 0. The zero-order valence-electron chi connectivity index (χ0n) is 22.9. The van der Waals surface area contributed by atoms with Crippen LogP contribution in [-0.4, -0.2) is 69.2 Å². The van der Waals surface area contributed by atoms with E-state index in [2.05, 4.69) is 20.8 Å². The maximum atomic E-state index is 3.95. The van der Waals surface area contributed by atoms with Crippen LogP contribution < -0.4 is 50.9 Å². The van der Waals surface area contributed by atoms with E-state index in [9.17, 15) is 0 Å². The van der Waals surface area contributed by atoms with Crippen LogP contribution in [0.3, 0.4) is 0 Å². The Morgan fingerprint density at radius 1 is 0.294 bits per heavy atom. The summed E-state index contributed by atoms with van der Waals surface area (Å²) in [6.45, 7) is 11.8. The summed E-state index contributed by atoms with van der Waals surface area (Å²) >= 11 is 0. The minimum atomic E-state index is 0. The van der Waals surface area contributed by atoms with E-state index in [1.807, 2.05) is 0 Å². The van der Waals surface area contributed by atoms with Gasteiger partial charge in [0.25, 0.3) is 0 Å². The molecule has 194 valence electrons. The van der Waals surface area contributed by atoms with Gasteiger partial charge in [0.05, 0.1) is 0 Å². The molecule has 0 aliphatic heterocycles. The van der Waals surface area contributed by atoms with Gasteiger partial charge in [-0.1, -0.05) is 135 Å². The fourth-order valence-corrected chi connectivity index (χ4v) is 4.38. The van der Waals surface area contributed by atoms with E-state index >= 15 is 0 Å². The molecule has 0 N–H and O–H groups in total. The van der Waals surface area contributed by atoms with E-state index in [-0.39, 0.29) is 120 Å². The quantitative estimate of drug-likeness (QED) is 0.0774. The Hall–Kier alpha value is 3.74. The summed E-state index contributed by atoms with van der Waals surface area (Å²) in [5.41, 5.74) is 0. The van der Waals surface area contributed by atoms with Crippen LogP contribution in [0.4, 0.5) is 0 Å². The third-order valence-electron chi connectivity index (χ3n) is 6.34. The van der Waals surface area contributed by atoms with Gasteiger partial charge in [-0.15, -0.1) is 0 Å². The van der Waals surface area contributed by atoms with Crippen LogP contribution in [0.15, 0.2) is 0 Å². The Kier molecular flexibility index (Phi) is 78.7. The van der Waals surface area contributed by atoms with Gasteiger partial charge in [-0.3, -0.25) is 0 Å². The summed E-state index contributed by atoms with van der Waals surface area (Å²) in [5, 5.41) is 0. The van der Waals surface area contributed by atoms with Crippen LogP contribution in [0, 0.1) is 26.7 Å². The van der Waals surface area contributed by atoms with E-state index in [1.165, 1.54) is 135 Å². The minimum absolute atomic E-state index is 0. The molecule has 0 fully saturated rings. The predicted octanol–water partition coefficient (Wildman–Crippen LogP) is 0.337. The number of hydrogen-bond acceptors (Lipinski definition) is 0. The molecular formula is C28H55Br3Mg3. The van der Waals surface area contributed by atoms with Crippen LogP contribution in [-0.2, 0) is 0 Å². The molecule has 0 aromatic carbocycles. The molecule has 0 aliphatic carbocycles. The Morgan fingerprint density at radius 3 is 0.676 bits per heavy atom. The molecule has 0 radical (unpaired) electrons. The second-order valence-electron chi connectivity index (χ2n) is 9.16. The van der Waals surface area contributed by atoms with Gasteiger partial charge in [-0.05, 0) is 5.92 Å². The topological polar surface area (TPSA) is 0 Å². The normalized spacial score (nSPS) is 9.53. The van der Waals surface area contributed by atoms with E-state index in [0.29, 0.717) is 0 Å². The van der Waals surface area contributed by atoms with Crippen molar-refractivity contribution in [2.45, 2.75) is 154 Å². The third kappa shape index (κ3) is 45.6. The van der Waals surface area contributed by atoms with Gasteiger partial charge in [0.15, 0.2) is 0 Å². The van der Waals surface area contributed by atoms with Gasteiger partial charge in [-0.25, -0.2) is 0 Å². The zero-order chi connectivity index (χ0) is 20.5.